The molecule has 6 nitrogen and oxygen atoms in total. The van der Waals surface area contributed by atoms with Crippen molar-refractivity contribution in [2.75, 3.05) is 14.2 Å². The minimum atomic E-state index is -0.408. The standard InChI is InChI=1S/C16H18N2O4/c1-21-15(19)17-11-7-3-4-8-12(17)14-10-6-5-9-13(11)18(14)16(20)22-2/h3-14H,1-2H3/t11-,12-,13+,14+. The van der Waals surface area contributed by atoms with Crippen molar-refractivity contribution in [2.45, 2.75) is 24.2 Å². The van der Waals surface area contributed by atoms with Crippen LogP contribution in [-0.2, 0) is 9.47 Å². The van der Waals surface area contributed by atoms with Gasteiger partial charge in [0.1, 0.15) is 0 Å². The van der Waals surface area contributed by atoms with Crippen LogP contribution in [0.5, 0.6) is 0 Å². The highest BCUT2D eigenvalue weighted by Crippen LogP contribution is 2.34. The Morgan fingerprint density at radius 2 is 0.955 bits per heavy atom. The van der Waals surface area contributed by atoms with Crippen LogP contribution in [0.2, 0.25) is 0 Å². The fourth-order valence-corrected chi connectivity index (χ4v) is 3.29. The van der Waals surface area contributed by atoms with E-state index < -0.39 is 12.2 Å². The molecule has 22 heavy (non-hydrogen) atoms. The summed E-state index contributed by atoms with van der Waals surface area (Å²) >= 11 is 0. The molecule has 0 spiro atoms. The molecule has 116 valence electrons. The number of hydrogen-bond acceptors (Lipinski definition) is 4. The zero-order valence-corrected chi connectivity index (χ0v) is 12.5. The van der Waals surface area contributed by atoms with Crippen LogP contribution >= 0.6 is 0 Å². The van der Waals surface area contributed by atoms with E-state index in [2.05, 4.69) is 0 Å². The number of fused-ring (bicyclic) bond motifs is 6. The molecule has 6 heteroatoms. The van der Waals surface area contributed by atoms with E-state index in [0.29, 0.717) is 0 Å². The first kappa shape index (κ1) is 14.4. The van der Waals surface area contributed by atoms with E-state index in [4.69, 9.17) is 9.47 Å². The Kier molecular flexibility index (Phi) is 3.75. The second-order valence-corrected chi connectivity index (χ2v) is 5.26. The van der Waals surface area contributed by atoms with Crippen LogP contribution in [-0.4, -0.2) is 60.4 Å². The van der Waals surface area contributed by atoms with E-state index >= 15 is 0 Å². The van der Waals surface area contributed by atoms with Crippen LogP contribution in [0.4, 0.5) is 9.59 Å². The second kappa shape index (κ2) is 5.71. The maximum atomic E-state index is 12.3. The lowest BCUT2D eigenvalue weighted by Gasteiger charge is -2.50. The molecule has 0 N–H and O–H groups in total. The molecule has 4 atom stereocenters. The molecule has 3 aliphatic rings. The van der Waals surface area contributed by atoms with E-state index in [-0.39, 0.29) is 24.2 Å². The molecule has 0 aromatic heterocycles. The largest absolute Gasteiger partial charge is 0.453 e. The van der Waals surface area contributed by atoms with Crippen LogP contribution in [0.15, 0.2) is 48.6 Å². The molecule has 0 unspecified atom stereocenters. The number of nitrogens with zero attached hydrogens (tertiary/aromatic N) is 2. The van der Waals surface area contributed by atoms with E-state index in [9.17, 15) is 9.59 Å². The number of rotatable bonds is 0. The van der Waals surface area contributed by atoms with Crippen molar-refractivity contribution in [3.8, 4) is 0 Å². The van der Waals surface area contributed by atoms with Crippen LogP contribution in [0, 0.1) is 0 Å². The summed E-state index contributed by atoms with van der Waals surface area (Å²) < 4.78 is 9.89. The highest BCUT2D eigenvalue weighted by Gasteiger charge is 2.49. The summed E-state index contributed by atoms with van der Waals surface area (Å²) in [5.41, 5.74) is 0. The number of methoxy groups -OCH3 is 2. The Hall–Kier alpha value is -2.50. The second-order valence-electron chi connectivity index (χ2n) is 5.26. The smallest absolute Gasteiger partial charge is 0.410 e. The Morgan fingerprint density at radius 1 is 0.682 bits per heavy atom. The summed E-state index contributed by atoms with van der Waals surface area (Å²) in [5, 5.41) is 0. The summed E-state index contributed by atoms with van der Waals surface area (Å²) in [6.07, 6.45) is 14.4. The van der Waals surface area contributed by atoms with Crippen molar-refractivity contribution >= 4 is 12.2 Å². The molecule has 2 amide bonds. The topological polar surface area (TPSA) is 59.1 Å². The monoisotopic (exact) mass is 302 g/mol. The minimum absolute atomic E-state index is 0.307. The average molecular weight is 302 g/mol. The van der Waals surface area contributed by atoms with Crippen molar-refractivity contribution in [1.82, 2.24) is 9.80 Å². The number of hydrogen-bond donors (Lipinski definition) is 0. The van der Waals surface area contributed by atoms with E-state index in [1.165, 1.54) is 14.2 Å². The molecule has 0 aromatic rings. The first-order chi connectivity index (χ1) is 10.7. The first-order valence-electron chi connectivity index (χ1n) is 7.11. The summed E-state index contributed by atoms with van der Waals surface area (Å²) in [4.78, 5) is 27.9. The van der Waals surface area contributed by atoms with Crippen molar-refractivity contribution in [2.24, 2.45) is 0 Å². The number of carbonyl (C=O) groups is 2. The normalized spacial score (nSPS) is 31.5. The lowest BCUT2D eigenvalue weighted by molar-refractivity contribution is 0.00689. The number of amides is 2. The van der Waals surface area contributed by atoms with Crippen molar-refractivity contribution in [3.05, 3.63) is 48.6 Å². The van der Waals surface area contributed by atoms with Crippen LogP contribution in [0.1, 0.15) is 0 Å². The summed E-state index contributed by atoms with van der Waals surface area (Å²) in [6.45, 7) is 0. The molecule has 0 aliphatic carbocycles. The van der Waals surface area contributed by atoms with Gasteiger partial charge in [-0.25, -0.2) is 9.59 Å². The Balaban J connectivity index is 2.12. The van der Waals surface area contributed by atoms with Gasteiger partial charge in [0, 0.05) is 0 Å². The summed E-state index contributed by atoms with van der Waals surface area (Å²) in [7, 11) is 2.73. The summed E-state index contributed by atoms with van der Waals surface area (Å²) in [6, 6.07) is -1.23. The van der Waals surface area contributed by atoms with Crippen molar-refractivity contribution < 1.29 is 19.1 Å². The number of allylic oxidation sites excluding steroid dienone is 4. The average Bonchev–Trinajstić information content (AvgIpc) is 2.82. The molecule has 1 fully saturated rings. The van der Waals surface area contributed by atoms with Crippen LogP contribution in [0.3, 0.4) is 0 Å². The fourth-order valence-electron chi connectivity index (χ4n) is 3.29. The van der Waals surface area contributed by atoms with Crippen molar-refractivity contribution in [3.63, 3.8) is 0 Å². The fraction of sp³-hybridized carbons (Fsp3) is 0.375. The Bertz CT molecular complexity index is 505. The van der Waals surface area contributed by atoms with E-state index in [1.807, 2.05) is 48.6 Å². The molecular weight excluding hydrogens is 284 g/mol. The third-order valence-corrected chi connectivity index (χ3v) is 4.21. The lowest BCUT2D eigenvalue weighted by Crippen LogP contribution is -2.68. The van der Waals surface area contributed by atoms with Gasteiger partial charge in [-0.1, -0.05) is 48.6 Å². The molecule has 0 saturated carbocycles. The van der Waals surface area contributed by atoms with Crippen molar-refractivity contribution in [1.29, 1.82) is 0 Å². The van der Waals surface area contributed by atoms with Gasteiger partial charge < -0.3 is 9.47 Å². The highest BCUT2D eigenvalue weighted by atomic mass is 16.5. The Labute approximate surface area is 129 Å². The lowest BCUT2D eigenvalue weighted by atomic mass is 9.93. The van der Waals surface area contributed by atoms with Gasteiger partial charge >= 0.3 is 12.2 Å². The third-order valence-electron chi connectivity index (χ3n) is 4.21. The van der Waals surface area contributed by atoms with Crippen LogP contribution < -0.4 is 0 Å². The zero-order chi connectivity index (χ0) is 15.7. The molecule has 0 aromatic carbocycles. The minimum Gasteiger partial charge on any atom is -0.453 e. The first-order valence-corrected chi connectivity index (χ1v) is 7.11. The maximum Gasteiger partial charge on any atom is 0.410 e. The SMILES string of the molecule is COC(=O)N1[C@@H]2C=CC=C[C@@H]1[C@@H]1C=CC=C[C@@H]2N1C(=O)OC. The predicted octanol–water partition coefficient (Wildman–Crippen LogP) is 1.86. The zero-order valence-electron chi connectivity index (χ0n) is 12.5. The Morgan fingerprint density at radius 3 is 1.18 bits per heavy atom. The quantitative estimate of drug-likeness (QED) is 0.685. The van der Waals surface area contributed by atoms with Gasteiger partial charge in [0.2, 0.25) is 0 Å². The van der Waals surface area contributed by atoms with Gasteiger partial charge in [-0.15, -0.1) is 0 Å². The number of piperazine rings is 1. The van der Waals surface area contributed by atoms with E-state index in [0.717, 1.165) is 0 Å². The summed E-state index contributed by atoms with van der Waals surface area (Å²) in [5.74, 6) is 0. The van der Waals surface area contributed by atoms with Gasteiger partial charge in [-0.2, -0.15) is 0 Å². The van der Waals surface area contributed by atoms with Gasteiger partial charge in [-0.3, -0.25) is 9.80 Å². The molecule has 3 rings (SSSR count). The molecular formula is C16H18N2O4. The van der Waals surface area contributed by atoms with Crippen LogP contribution in [0.25, 0.3) is 0 Å². The third kappa shape index (κ3) is 2.11. The predicted molar refractivity (Wildman–Crippen MR) is 80.2 cm³/mol. The maximum absolute atomic E-state index is 12.3. The van der Waals surface area contributed by atoms with Gasteiger partial charge in [0.05, 0.1) is 38.4 Å². The van der Waals surface area contributed by atoms with Gasteiger partial charge in [-0.05, 0) is 0 Å². The van der Waals surface area contributed by atoms with Gasteiger partial charge in [0.25, 0.3) is 0 Å². The molecule has 0 radical (unpaired) electrons. The molecule has 4 bridgehead atoms. The highest BCUT2D eigenvalue weighted by molar-refractivity contribution is 5.74. The molecule has 1 saturated heterocycles. The van der Waals surface area contributed by atoms with Gasteiger partial charge in [0.15, 0.2) is 0 Å². The molecule has 3 aliphatic heterocycles. The number of ether oxygens (including phenoxy) is 2. The molecule has 3 heterocycles. The van der Waals surface area contributed by atoms with E-state index in [1.54, 1.807) is 9.80 Å². The number of carbonyl (C=O) groups excluding carboxylic acids is 2.